The van der Waals surface area contributed by atoms with Crippen LogP contribution in [0.15, 0.2) is 24.4 Å². The minimum Gasteiger partial charge on any atom is -0.453 e. The molecular formula is C13H14ClN5O3. The molecule has 1 aromatic carbocycles. The first kappa shape index (κ1) is 15.8. The molecule has 0 bridgehead atoms. The maximum Gasteiger partial charge on any atom is 0.412 e. The summed E-state index contributed by atoms with van der Waals surface area (Å²) >= 11 is 5.89. The number of aryl methyl sites for hydroxylation is 1. The van der Waals surface area contributed by atoms with E-state index >= 15 is 0 Å². The van der Waals surface area contributed by atoms with Crippen LogP contribution in [0, 0.1) is 6.92 Å². The van der Waals surface area contributed by atoms with Gasteiger partial charge in [0.1, 0.15) is 6.54 Å². The van der Waals surface area contributed by atoms with E-state index in [9.17, 15) is 9.59 Å². The highest BCUT2D eigenvalue weighted by Crippen LogP contribution is 2.20. The SMILES string of the molecule is COC(=O)Nc1cnn(CC(=O)Nc2cc(Cl)ccc2C)n1. The molecule has 2 amide bonds. The number of amides is 2. The van der Waals surface area contributed by atoms with E-state index in [0.29, 0.717) is 10.7 Å². The summed E-state index contributed by atoms with van der Waals surface area (Å²) in [5, 5.41) is 13.4. The molecule has 9 heteroatoms. The van der Waals surface area contributed by atoms with Crippen LogP contribution in [-0.2, 0) is 16.1 Å². The van der Waals surface area contributed by atoms with Crippen molar-refractivity contribution in [3.05, 3.63) is 35.0 Å². The molecule has 2 aromatic rings. The molecule has 0 saturated carbocycles. The fourth-order valence-electron chi connectivity index (χ4n) is 1.63. The van der Waals surface area contributed by atoms with Crippen LogP contribution in [0.25, 0.3) is 0 Å². The molecule has 2 N–H and O–H groups in total. The largest absolute Gasteiger partial charge is 0.453 e. The van der Waals surface area contributed by atoms with Crippen LogP contribution in [0.3, 0.4) is 0 Å². The molecule has 1 aromatic heterocycles. The van der Waals surface area contributed by atoms with Gasteiger partial charge in [0.2, 0.25) is 5.91 Å². The lowest BCUT2D eigenvalue weighted by Crippen LogP contribution is -2.21. The van der Waals surface area contributed by atoms with Crippen molar-refractivity contribution in [3.63, 3.8) is 0 Å². The van der Waals surface area contributed by atoms with Crippen molar-refractivity contribution in [2.75, 3.05) is 17.7 Å². The smallest absolute Gasteiger partial charge is 0.412 e. The number of rotatable bonds is 4. The molecular weight excluding hydrogens is 310 g/mol. The van der Waals surface area contributed by atoms with Gasteiger partial charge in [0, 0.05) is 10.7 Å². The van der Waals surface area contributed by atoms with Gasteiger partial charge < -0.3 is 10.1 Å². The number of hydrogen-bond donors (Lipinski definition) is 2. The van der Waals surface area contributed by atoms with Crippen molar-refractivity contribution in [1.82, 2.24) is 15.0 Å². The van der Waals surface area contributed by atoms with Gasteiger partial charge in [0.25, 0.3) is 0 Å². The zero-order valence-corrected chi connectivity index (χ0v) is 12.7. The molecule has 2 rings (SSSR count). The van der Waals surface area contributed by atoms with Crippen LogP contribution < -0.4 is 10.6 Å². The molecule has 0 saturated heterocycles. The summed E-state index contributed by atoms with van der Waals surface area (Å²) in [7, 11) is 1.24. The molecule has 0 fully saturated rings. The van der Waals surface area contributed by atoms with E-state index in [1.807, 2.05) is 13.0 Å². The van der Waals surface area contributed by atoms with Crippen LogP contribution in [0.1, 0.15) is 5.56 Å². The lowest BCUT2D eigenvalue weighted by Gasteiger charge is -2.08. The number of nitrogens with one attached hydrogen (secondary N) is 2. The van der Waals surface area contributed by atoms with E-state index in [-0.39, 0.29) is 18.3 Å². The third kappa shape index (κ3) is 4.19. The van der Waals surface area contributed by atoms with E-state index in [0.717, 1.165) is 10.4 Å². The van der Waals surface area contributed by atoms with Crippen LogP contribution in [0.5, 0.6) is 0 Å². The summed E-state index contributed by atoms with van der Waals surface area (Å²) in [5.41, 5.74) is 1.51. The molecule has 0 radical (unpaired) electrons. The van der Waals surface area contributed by atoms with Crippen LogP contribution in [-0.4, -0.2) is 34.1 Å². The number of benzene rings is 1. The Balaban J connectivity index is 1.97. The van der Waals surface area contributed by atoms with Gasteiger partial charge in [-0.25, -0.2) is 4.79 Å². The van der Waals surface area contributed by atoms with Crippen LogP contribution in [0.4, 0.5) is 16.3 Å². The number of methoxy groups -OCH3 is 1. The standard InChI is InChI=1S/C13H14ClN5O3/c1-8-3-4-9(14)5-10(8)16-12(20)7-19-15-6-11(18-19)17-13(21)22-2/h3-6H,7H2,1-2H3,(H,16,20)(H,17,18,21). The van der Waals surface area contributed by atoms with Gasteiger partial charge in [0.05, 0.1) is 13.3 Å². The minimum absolute atomic E-state index is 0.102. The predicted octanol–water partition coefficient (Wildman–Crippen LogP) is 2.06. The highest BCUT2D eigenvalue weighted by atomic mass is 35.5. The molecule has 116 valence electrons. The van der Waals surface area contributed by atoms with Gasteiger partial charge >= 0.3 is 6.09 Å². The Hall–Kier alpha value is -2.61. The zero-order chi connectivity index (χ0) is 16.1. The fraction of sp³-hybridized carbons (Fsp3) is 0.231. The van der Waals surface area contributed by atoms with Crippen molar-refractivity contribution in [2.45, 2.75) is 13.5 Å². The molecule has 1 heterocycles. The second-order valence-corrected chi connectivity index (χ2v) is 4.82. The molecule has 8 nitrogen and oxygen atoms in total. The minimum atomic E-state index is -0.661. The third-order valence-electron chi connectivity index (χ3n) is 2.71. The topological polar surface area (TPSA) is 98.1 Å². The van der Waals surface area contributed by atoms with E-state index in [1.165, 1.54) is 13.3 Å². The molecule has 0 atom stereocenters. The summed E-state index contributed by atoms with van der Waals surface area (Å²) in [6, 6.07) is 5.21. The first-order valence-electron chi connectivity index (χ1n) is 6.29. The number of carbonyl (C=O) groups is 2. The fourth-order valence-corrected chi connectivity index (χ4v) is 1.81. The van der Waals surface area contributed by atoms with Crippen molar-refractivity contribution >= 4 is 35.1 Å². The van der Waals surface area contributed by atoms with E-state index in [4.69, 9.17) is 11.6 Å². The summed E-state index contributed by atoms with van der Waals surface area (Å²) in [6.07, 6.45) is 0.653. The molecule has 22 heavy (non-hydrogen) atoms. The normalized spacial score (nSPS) is 10.1. The predicted molar refractivity (Wildman–Crippen MR) is 80.9 cm³/mol. The quantitative estimate of drug-likeness (QED) is 0.897. The summed E-state index contributed by atoms with van der Waals surface area (Å²) < 4.78 is 4.43. The molecule has 0 unspecified atom stereocenters. The molecule has 0 spiro atoms. The highest BCUT2D eigenvalue weighted by molar-refractivity contribution is 6.31. The Kier molecular flexibility index (Phi) is 4.95. The van der Waals surface area contributed by atoms with E-state index in [1.54, 1.807) is 12.1 Å². The average molecular weight is 324 g/mol. The van der Waals surface area contributed by atoms with Crippen molar-refractivity contribution in [3.8, 4) is 0 Å². The van der Waals surface area contributed by atoms with Crippen molar-refractivity contribution in [2.24, 2.45) is 0 Å². The Morgan fingerprint density at radius 2 is 2.14 bits per heavy atom. The number of ether oxygens (including phenoxy) is 1. The Morgan fingerprint density at radius 1 is 1.36 bits per heavy atom. The number of anilines is 2. The number of carbonyl (C=O) groups excluding carboxylic acids is 2. The van der Waals surface area contributed by atoms with Gasteiger partial charge in [0.15, 0.2) is 5.82 Å². The number of nitrogens with zero attached hydrogens (tertiary/aromatic N) is 3. The second kappa shape index (κ2) is 6.90. The maximum atomic E-state index is 12.0. The van der Waals surface area contributed by atoms with Crippen molar-refractivity contribution < 1.29 is 14.3 Å². The Bertz CT molecular complexity index is 701. The second-order valence-electron chi connectivity index (χ2n) is 4.38. The molecule has 0 aliphatic rings. The highest BCUT2D eigenvalue weighted by Gasteiger charge is 2.10. The van der Waals surface area contributed by atoms with Crippen LogP contribution in [0.2, 0.25) is 5.02 Å². The number of halogens is 1. The van der Waals surface area contributed by atoms with Gasteiger partial charge in [-0.3, -0.25) is 10.1 Å². The van der Waals surface area contributed by atoms with Gasteiger partial charge in [-0.2, -0.15) is 9.90 Å². The lowest BCUT2D eigenvalue weighted by molar-refractivity contribution is -0.117. The molecule has 0 aliphatic carbocycles. The average Bonchev–Trinajstić information content (AvgIpc) is 2.89. The van der Waals surface area contributed by atoms with Crippen LogP contribution >= 0.6 is 11.6 Å². The number of hydrogen-bond acceptors (Lipinski definition) is 5. The van der Waals surface area contributed by atoms with E-state index < -0.39 is 6.09 Å². The van der Waals surface area contributed by atoms with Gasteiger partial charge in [-0.05, 0) is 24.6 Å². The summed E-state index contributed by atoms with van der Waals surface area (Å²) in [4.78, 5) is 24.1. The zero-order valence-electron chi connectivity index (χ0n) is 12.0. The van der Waals surface area contributed by atoms with Crippen molar-refractivity contribution in [1.29, 1.82) is 0 Å². The summed E-state index contributed by atoms with van der Waals surface area (Å²) in [5.74, 6) is -0.121. The van der Waals surface area contributed by atoms with E-state index in [2.05, 4.69) is 25.6 Å². The Morgan fingerprint density at radius 3 is 2.86 bits per heavy atom. The lowest BCUT2D eigenvalue weighted by atomic mass is 10.2. The monoisotopic (exact) mass is 323 g/mol. The number of aromatic nitrogens is 3. The van der Waals surface area contributed by atoms with Gasteiger partial charge in [-0.1, -0.05) is 17.7 Å². The molecule has 0 aliphatic heterocycles. The van der Waals surface area contributed by atoms with Gasteiger partial charge in [-0.15, -0.1) is 5.10 Å². The maximum absolute atomic E-state index is 12.0. The third-order valence-corrected chi connectivity index (χ3v) is 2.95. The summed E-state index contributed by atoms with van der Waals surface area (Å²) in [6.45, 7) is 1.76. The Labute approximate surface area is 131 Å². The first-order valence-corrected chi connectivity index (χ1v) is 6.67. The first-order chi connectivity index (χ1) is 10.5.